The lowest BCUT2D eigenvalue weighted by Gasteiger charge is -1.89. The average Bonchev–Trinajstić information content (AvgIpc) is 1.80. The standard InChI is InChI=1S/C4H5N3OS/c1-7-2-5-3(9)6-4(7)8/h2H,1H3,(H,6,8,9). The molecule has 0 fully saturated rings. The molecule has 0 saturated carbocycles. The lowest BCUT2D eigenvalue weighted by Crippen LogP contribution is -2.19. The fraction of sp³-hybridized carbons (Fsp3) is 0.250. The lowest BCUT2D eigenvalue weighted by atomic mass is 11.0. The second-order valence-corrected chi connectivity index (χ2v) is 1.98. The number of nitrogens with zero attached hydrogens (tertiary/aromatic N) is 2. The summed E-state index contributed by atoms with van der Waals surface area (Å²) in [5.41, 5.74) is -0.241. The van der Waals surface area contributed by atoms with Crippen LogP contribution < -0.4 is 5.69 Å². The molecule has 0 unspecified atom stereocenters. The van der Waals surface area contributed by atoms with Crippen molar-refractivity contribution < 1.29 is 0 Å². The van der Waals surface area contributed by atoms with E-state index in [1.165, 1.54) is 10.9 Å². The number of nitrogens with one attached hydrogen (secondary N) is 1. The Bertz CT molecular complexity index is 312. The van der Waals surface area contributed by atoms with E-state index in [1.54, 1.807) is 7.05 Å². The maximum Gasteiger partial charge on any atom is 0.328 e. The minimum atomic E-state index is -0.241. The van der Waals surface area contributed by atoms with E-state index in [1.807, 2.05) is 0 Å². The van der Waals surface area contributed by atoms with Crippen molar-refractivity contribution >= 4 is 12.2 Å². The van der Waals surface area contributed by atoms with E-state index < -0.39 is 0 Å². The fourth-order valence-corrected chi connectivity index (χ4v) is 0.538. The third kappa shape index (κ3) is 1.23. The number of hydrogen-bond acceptors (Lipinski definition) is 3. The molecule has 48 valence electrons. The Hall–Kier alpha value is -0.970. The van der Waals surface area contributed by atoms with Crippen LogP contribution in [0.5, 0.6) is 0 Å². The maximum absolute atomic E-state index is 10.6. The number of aromatic nitrogens is 3. The Morgan fingerprint density at radius 1 is 1.89 bits per heavy atom. The van der Waals surface area contributed by atoms with Gasteiger partial charge in [0.2, 0.25) is 4.77 Å². The molecule has 5 heteroatoms. The van der Waals surface area contributed by atoms with Crippen LogP contribution >= 0.6 is 12.2 Å². The highest BCUT2D eigenvalue weighted by molar-refractivity contribution is 7.71. The van der Waals surface area contributed by atoms with Crippen molar-refractivity contribution in [1.29, 1.82) is 0 Å². The molecule has 0 spiro atoms. The van der Waals surface area contributed by atoms with Gasteiger partial charge >= 0.3 is 5.69 Å². The molecule has 0 aliphatic heterocycles. The summed E-state index contributed by atoms with van der Waals surface area (Å²) < 4.78 is 1.54. The molecule has 0 atom stereocenters. The third-order valence-corrected chi connectivity index (χ3v) is 1.09. The van der Waals surface area contributed by atoms with Crippen LogP contribution in [-0.2, 0) is 7.05 Å². The second-order valence-electron chi connectivity index (χ2n) is 1.59. The normalized spacial score (nSPS) is 9.44. The van der Waals surface area contributed by atoms with Crippen molar-refractivity contribution in [2.24, 2.45) is 7.05 Å². The van der Waals surface area contributed by atoms with Crippen molar-refractivity contribution in [2.75, 3.05) is 0 Å². The van der Waals surface area contributed by atoms with E-state index in [0.29, 0.717) is 0 Å². The zero-order valence-corrected chi connectivity index (χ0v) is 5.60. The predicted octanol–water partition coefficient (Wildman–Crippen LogP) is -0.162. The summed E-state index contributed by atoms with van der Waals surface area (Å²) in [6, 6.07) is 0. The van der Waals surface area contributed by atoms with E-state index in [2.05, 4.69) is 22.2 Å². The van der Waals surface area contributed by atoms with Gasteiger partial charge in [0.05, 0.1) is 0 Å². The summed E-state index contributed by atoms with van der Waals surface area (Å²) in [6.07, 6.45) is 1.38. The first-order valence-corrected chi connectivity index (χ1v) is 2.73. The minimum absolute atomic E-state index is 0.220. The molecule has 9 heavy (non-hydrogen) atoms. The van der Waals surface area contributed by atoms with Gasteiger partial charge in [-0.15, -0.1) is 0 Å². The van der Waals surface area contributed by atoms with E-state index in [0.717, 1.165) is 0 Å². The highest BCUT2D eigenvalue weighted by Crippen LogP contribution is 1.68. The molecule has 0 amide bonds. The van der Waals surface area contributed by atoms with E-state index in [9.17, 15) is 4.79 Å². The molecule has 1 rings (SSSR count). The van der Waals surface area contributed by atoms with Gasteiger partial charge in [0.15, 0.2) is 0 Å². The number of hydrogen-bond donors (Lipinski definition) is 1. The quantitative estimate of drug-likeness (QED) is 0.513. The molecule has 0 radical (unpaired) electrons. The molecule has 1 N–H and O–H groups in total. The van der Waals surface area contributed by atoms with Gasteiger partial charge in [-0.25, -0.2) is 9.78 Å². The summed E-state index contributed by atoms with van der Waals surface area (Å²) in [7, 11) is 1.60. The summed E-state index contributed by atoms with van der Waals surface area (Å²) in [5.74, 6) is 0. The van der Waals surface area contributed by atoms with Crippen LogP contribution in [0.15, 0.2) is 11.1 Å². The van der Waals surface area contributed by atoms with Crippen LogP contribution in [0.4, 0.5) is 0 Å². The molecule has 0 aliphatic rings. The topological polar surface area (TPSA) is 50.7 Å². The SMILES string of the molecule is Cn1cnc(=S)[nH]c1=O. The number of H-pyrrole nitrogens is 1. The highest BCUT2D eigenvalue weighted by Gasteiger charge is 1.84. The zero-order valence-electron chi connectivity index (χ0n) is 4.79. The monoisotopic (exact) mass is 143 g/mol. The van der Waals surface area contributed by atoms with Crippen LogP contribution in [0.2, 0.25) is 0 Å². The molecule has 0 aliphatic carbocycles. The smallest absolute Gasteiger partial charge is 0.287 e. The summed E-state index contributed by atoms with van der Waals surface area (Å²) >= 11 is 4.58. The first kappa shape index (κ1) is 6.15. The van der Waals surface area contributed by atoms with Crippen LogP contribution in [0.3, 0.4) is 0 Å². The van der Waals surface area contributed by atoms with E-state index >= 15 is 0 Å². The Balaban J connectivity index is 3.52. The van der Waals surface area contributed by atoms with Gasteiger partial charge in [0.1, 0.15) is 6.33 Å². The van der Waals surface area contributed by atoms with Crippen molar-refractivity contribution in [3.05, 3.63) is 21.6 Å². The largest absolute Gasteiger partial charge is 0.328 e. The highest BCUT2D eigenvalue weighted by atomic mass is 32.1. The Kier molecular flexibility index (Phi) is 1.44. The van der Waals surface area contributed by atoms with Gasteiger partial charge in [0, 0.05) is 7.05 Å². The molecule has 1 aromatic heterocycles. The number of rotatable bonds is 0. The summed E-state index contributed by atoms with van der Waals surface area (Å²) in [5, 5.41) is 0. The molecular formula is C4H5N3OS. The lowest BCUT2D eigenvalue weighted by molar-refractivity contribution is 0.763. The third-order valence-electron chi connectivity index (χ3n) is 0.882. The van der Waals surface area contributed by atoms with Crippen molar-refractivity contribution in [2.45, 2.75) is 0 Å². The molecular weight excluding hydrogens is 138 g/mol. The Morgan fingerprint density at radius 3 is 3.00 bits per heavy atom. The first-order chi connectivity index (χ1) is 4.20. The van der Waals surface area contributed by atoms with Crippen LogP contribution in [0, 0.1) is 4.77 Å². The number of aromatic amines is 1. The molecule has 0 bridgehead atoms. The predicted molar refractivity (Wildman–Crippen MR) is 34.7 cm³/mol. The second kappa shape index (κ2) is 2.10. The van der Waals surface area contributed by atoms with Gasteiger partial charge in [-0.05, 0) is 12.2 Å². The van der Waals surface area contributed by atoms with Crippen LogP contribution in [-0.4, -0.2) is 14.5 Å². The van der Waals surface area contributed by atoms with Gasteiger partial charge in [0.25, 0.3) is 0 Å². The molecule has 1 heterocycles. The first-order valence-electron chi connectivity index (χ1n) is 2.32. The average molecular weight is 143 g/mol. The number of aryl methyl sites for hydroxylation is 1. The van der Waals surface area contributed by atoms with Crippen molar-refractivity contribution in [1.82, 2.24) is 14.5 Å². The summed E-state index contributed by atoms with van der Waals surface area (Å²) in [4.78, 5) is 16.7. The van der Waals surface area contributed by atoms with E-state index in [-0.39, 0.29) is 10.5 Å². The van der Waals surface area contributed by atoms with Crippen LogP contribution in [0.25, 0.3) is 0 Å². The van der Waals surface area contributed by atoms with Gasteiger partial charge < -0.3 is 0 Å². The summed E-state index contributed by atoms with van der Waals surface area (Å²) in [6.45, 7) is 0. The molecule has 0 saturated heterocycles. The van der Waals surface area contributed by atoms with Gasteiger partial charge in [-0.2, -0.15) is 0 Å². The van der Waals surface area contributed by atoms with Crippen molar-refractivity contribution in [3.8, 4) is 0 Å². The molecule has 1 aromatic rings. The van der Waals surface area contributed by atoms with Crippen molar-refractivity contribution in [3.63, 3.8) is 0 Å². The fourth-order valence-electron chi connectivity index (χ4n) is 0.403. The molecule has 0 aromatic carbocycles. The van der Waals surface area contributed by atoms with E-state index in [4.69, 9.17) is 0 Å². The Labute approximate surface area is 56.2 Å². The minimum Gasteiger partial charge on any atom is -0.287 e. The molecule has 4 nitrogen and oxygen atoms in total. The van der Waals surface area contributed by atoms with Gasteiger partial charge in [-0.1, -0.05) is 0 Å². The Morgan fingerprint density at radius 2 is 2.56 bits per heavy atom. The van der Waals surface area contributed by atoms with Gasteiger partial charge in [-0.3, -0.25) is 9.55 Å². The van der Waals surface area contributed by atoms with Crippen LogP contribution in [0.1, 0.15) is 0 Å². The zero-order chi connectivity index (χ0) is 6.85. The maximum atomic E-state index is 10.6.